The second-order valence-electron chi connectivity index (χ2n) is 6.21. The van der Waals surface area contributed by atoms with Gasteiger partial charge in [-0.2, -0.15) is 5.26 Å². The fourth-order valence-electron chi connectivity index (χ4n) is 2.89. The Morgan fingerprint density at radius 2 is 2.39 bits per heavy atom. The lowest BCUT2D eigenvalue weighted by Crippen LogP contribution is -2.36. The van der Waals surface area contributed by atoms with Crippen molar-refractivity contribution in [3.05, 3.63) is 62.3 Å². The fraction of sp³-hybridized carbons (Fsp3) is 0.300. The van der Waals surface area contributed by atoms with Crippen molar-refractivity contribution < 1.29 is 9.53 Å². The number of nitrogens with one attached hydrogen (secondary N) is 1. The number of pyridine rings is 1. The van der Waals surface area contributed by atoms with E-state index in [9.17, 15) is 14.9 Å². The molecular formula is C20H20N4O3S. The number of carbonyl (C=O) groups excluding carboxylic acids is 1. The number of nitrogens with zero attached hydrogens (tertiary/aromatic N) is 3. The standard InChI is InChI=1S/C20H20N4O3S/c1-2-9-24-19(26)17(11-14-6-3-4-8-22-14)28-20(24)16(12-21)18(25)23-13-15-7-5-10-27-15/h2-4,6,8,11,15H,1,5,7,9-10,13H2,(H,23,25)/b17-11-,20-16+. The topological polar surface area (TPSA) is 97.0 Å². The maximum absolute atomic E-state index is 12.8. The SMILES string of the molecule is C=CCn1c(=O)/c(=C/c2ccccn2)s/c1=C(\C#N)C(=O)NCC1CCCO1. The van der Waals surface area contributed by atoms with Crippen LogP contribution in [-0.4, -0.2) is 34.7 Å². The fourth-order valence-corrected chi connectivity index (χ4v) is 3.99. The number of hydrogen-bond donors (Lipinski definition) is 1. The van der Waals surface area contributed by atoms with Crippen LogP contribution >= 0.6 is 11.3 Å². The van der Waals surface area contributed by atoms with Crippen LogP contribution in [0.2, 0.25) is 0 Å². The summed E-state index contributed by atoms with van der Waals surface area (Å²) in [5, 5.41) is 12.3. The van der Waals surface area contributed by atoms with Gasteiger partial charge in [-0.3, -0.25) is 19.1 Å². The Morgan fingerprint density at radius 3 is 3.04 bits per heavy atom. The molecule has 0 aliphatic carbocycles. The number of carbonyl (C=O) groups is 1. The molecule has 1 unspecified atom stereocenters. The van der Waals surface area contributed by atoms with E-state index >= 15 is 0 Å². The van der Waals surface area contributed by atoms with E-state index in [-0.39, 0.29) is 23.8 Å². The number of hydrogen-bond acceptors (Lipinski definition) is 6. The summed E-state index contributed by atoms with van der Waals surface area (Å²) in [7, 11) is 0. The lowest BCUT2D eigenvalue weighted by atomic mass is 10.2. The highest BCUT2D eigenvalue weighted by molar-refractivity contribution is 7.07. The molecule has 0 spiro atoms. The highest BCUT2D eigenvalue weighted by Crippen LogP contribution is 2.10. The van der Waals surface area contributed by atoms with Crippen LogP contribution in [0.25, 0.3) is 11.6 Å². The molecule has 3 heterocycles. The Labute approximate surface area is 165 Å². The molecular weight excluding hydrogens is 376 g/mol. The molecule has 8 heteroatoms. The molecule has 2 aromatic rings. The minimum Gasteiger partial charge on any atom is -0.376 e. The van der Waals surface area contributed by atoms with Crippen molar-refractivity contribution in [3.63, 3.8) is 0 Å². The average Bonchev–Trinajstić information content (AvgIpc) is 3.32. The molecule has 28 heavy (non-hydrogen) atoms. The smallest absolute Gasteiger partial charge is 0.269 e. The second kappa shape index (κ2) is 9.26. The van der Waals surface area contributed by atoms with E-state index in [1.165, 1.54) is 4.57 Å². The van der Waals surface area contributed by atoms with Crippen molar-refractivity contribution in [2.24, 2.45) is 0 Å². The summed E-state index contributed by atoms with van der Waals surface area (Å²) in [6.45, 7) is 4.89. The molecule has 0 aromatic carbocycles. The van der Waals surface area contributed by atoms with Gasteiger partial charge >= 0.3 is 0 Å². The van der Waals surface area contributed by atoms with Gasteiger partial charge < -0.3 is 10.1 Å². The maximum atomic E-state index is 12.8. The predicted molar refractivity (Wildman–Crippen MR) is 107 cm³/mol. The van der Waals surface area contributed by atoms with Crippen molar-refractivity contribution in [1.82, 2.24) is 14.9 Å². The molecule has 2 aromatic heterocycles. The first-order valence-electron chi connectivity index (χ1n) is 8.91. The van der Waals surface area contributed by atoms with Gasteiger partial charge in [0.05, 0.1) is 16.3 Å². The van der Waals surface area contributed by atoms with E-state index in [0.29, 0.717) is 28.0 Å². The van der Waals surface area contributed by atoms with Crippen molar-refractivity contribution in [1.29, 1.82) is 5.26 Å². The quantitative estimate of drug-likeness (QED) is 0.708. The van der Waals surface area contributed by atoms with Crippen molar-refractivity contribution in [2.45, 2.75) is 25.5 Å². The highest BCUT2D eigenvalue weighted by Gasteiger charge is 2.19. The van der Waals surface area contributed by atoms with Crippen LogP contribution in [0.5, 0.6) is 0 Å². The van der Waals surface area contributed by atoms with Crippen molar-refractivity contribution in [3.8, 4) is 6.07 Å². The van der Waals surface area contributed by atoms with E-state index < -0.39 is 5.91 Å². The third kappa shape index (κ3) is 4.44. The molecule has 1 atom stereocenters. The van der Waals surface area contributed by atoms with Gasteiger partial charge in [0.25, 0.3) is 11.5 Å². The van der Waals surface area contributed by atoms with E-state index in [1.54, 1.807) is 30.5 Å². The second-order valence-corrected chi connectivity index (χ2v) is 7.24. The molecule has 1 fully saturated rings. The molecule has 3 rings (SSSR count). The minimum atomic E-state index is -0.513. The lowest BCUT2D eigenvalue weighted by molar-refractivity contribution is -0.116. The first kappa shape index (κ1) is 19.7. The number of nitriles is 1. The first-order chi connectivity index (χ1) is 13.6. The summed E-state index contributed by atoms with van der Waals surface area (Å²) in [6.07, 6.45) is 6.65. The van der Waals surface area contributed by atoms with Crippen molar-refractivity contribution in [2.75, 3.05) is 13.2 Å². The molecule has 1 amide bonds. The van der Waals surface area contributed by atoms with Gasteiger partial charge in [0.15, 0.2) is 5.57 Å². The molecule has 144 valence electrons. The van der Waals surface area contributed by atoms with Crippen LogP contribution in [0.4, 0.5) is 0 Å². The third-order valence-corrected chi connectivity index (χ3v) is 5.38. The Kier molecular flexibility index (Phi) is 6.53. The van der Waals surface area contributed by atoms with Gasteiger partial charge in [-0.1, -0.05) is 12.1 Å². The Bertz CT molecular complexity index is 1070. The van der Waals surface area contributed by atoms with E-state index in [0.717, 1.165) is 24.2 Å². The average molecular weight is 396 g/mol. The number of thiazole rings is 1. The summed E-state index contributed by atoms with van der Waals surface area (Å²) in [6, 6.07) is 7.33. The summed E-state index contributed by atoms with van der Waals surface area (Å²) in [5.41, 5.74) is 0.243. The summed E-state index contributed by atoms with van der Waals surface area (Å²) in [5.74, 6) is -0.513. The summed E-state index contributed by atoms with van der Waals surface area (Å²) in [4.78, 5) is 29.6. The molecule has 1 N–H and O–H groups in total. The highest BCUT2D eigenvalue weighted by atomic mass is 32.1. The predicted octanol–water partition coefficient (Wildman–Crippen LogP) is 0.289. The number of ether oxygens (including phenoxy) is 1. The summed E-state index contributed by atoms with van der Waals surface area (Å²) >= 11 is 1.10. The number of allylic oxidation sites excluding steroid dienone is 1. The lowest BCUT2D eigenvalue weighted by Gasteiger charge is -2.10. The van der Waals surface area contributed by atoms with Crippen LogP contribution in [0.3, 0.4) is 0 Å². The van der Waals surface area contributed by atoms with E-state index in [4.69, 9.17) is 4.74 Å². The van der Waals surface area contributed by atoms with Crippen LogP contribution < -0.4 is 20.1 Å². The van der Waals surface area contributed by atoms with Crippen molar-refractivity contribution >= 4 is 28.9 Å². The minimum absolute atomic E-state index is 0.0318. The molecule has 0 radical (unpaired) electrons. The van der Waals surface area contributed by atoms with Gasteiger partial charge in [-0.05, 0) is 31.1 Å². The zero-order valence-corrected chi connectivity index (χ0v) is 16.1. The molecule has 0 saturated carbocycles. The normalized spacial score (nSPS) is 17.8. The van der Waals surface area contributed by atoms with Crippen LogP contribution in [-0.2, 0) is 16.1 Å². The van der Waals surface area contributed by atoms with Gasteiger partial charge in [-0.15, -0.1) is 17.9 Å². The summed E-state index contributed by atoms with van der Waals surface area (Å²) < 4.78 is 7.58. The Morgan fingerprint density at radius 1 is 1.54 bits per heavy atom. The van der Waals surface area contributed by atoms with Gasteiger partial charge in [0, 0.05) is 25.9 Å². The molecule has 0 bridgehead atoms. The van der Waals surface area contributed by atoms with Crippen LogP contribution in [0, 0.1) is 11.3 Å². The third-order valence-electron chi connectivity index (χ3n) is 4.25. The van der Waals surface area contributed by atoms with Crippen LogP contribution in [0.15, 0.2) is 41.8 Å². The van der Waals surface area contributed by atoms with Gasteiger partial charge in [-0.25, -0.2) is 0 Å². The zero-order valence-electron chi connectivity index (χ0n) is 15.3. The molecule has 1 saturated heterocycles. The molecule has 1 aliphatic rings. The van der Waals surface area contributed by atoms with Crippen LogP contribution in [0.1, 0.15) is 18.5 Å². The molecule has 7 nitrogen and oxygen atoms in total. The van der Waals surface area contributed by atoms with E-state index in [1.807, 2.05) is 12.1 Å². The Hall–Kier alpha value is -3.02. The molecule has 1 aliphatic heterocycles. The van der Waals surface area contributed by atoms with Gasteiger partial charge in [0.2, 0.25) is 0 Å². The monoisotopic (exact) mass is 396 g/mol. The first-order valence-corrected chi connectivity index (χ1v) is 9.73. The number of aromatic nitrogens is 2. The zero-order chi connectivity index (χ0) is 19.9. The Balaban J connectivity index is 2.04. The number of rotatable bonds is 6. The van der Waals surface area contributed by atoms with E-state index in [2.05, 4.69) is 16.9 Å². The largest absolute Gasteiger partial charge is 0.376 e. The number of amides is 1. The van der Waals surface area contributed by atoms with Gasteiger partial charge in [0.1, 0.15) is 10.7 Å². The maximum Gasteiger partial charge on any atom is 0.269 e.